The molecule has 1 heterocycles. The molecule has 2 rings (SSSR count). The largest absolute Gasteiger partial charge is 0.473 e. The minimum atomic E-state index is -1.02. The van der Waals surface area contributed by atoms with Crippen molar-refractivity contribution in [1.29, 1.82) is 0 Å². The van der Waals surface area contributed by atoms with E-state index in [1.807, 2.05) is 0 Å². The molecule has 6 heteroatoms. The zero-order chi connectivity index (χ0) is 17.7. The summed E-state index contributed by atoms with van der Waals surface area (Å²) in [5, 5.41) is 12.6. The third-order valence-electron chi connectivity index (χ3n) is 3.68. The fraction of sp³-hybridized carbons (Fsp3) is 0.333. The number of nitrogens with zero attached hydrogens (tertiary/aromatic N) is 1. The summed E-state index contributed by atoms with van der Waals surface area (Å²) in [6.07, 6.45) is 1.40. The third kappa shape index (κ3) is 5.03. The van der Waals surface area contributed by atoms with Gasteiger partial charge in [-0.3, -0.25) is 4.79 Å². The van der Waals surface area contributed by atoms with Gasteiger partial charge in [0.2, 0.25) is 5.88 Å². The minimum absolute atomic E-state index is 0.187. The van der Waals surface area contributed by atoms with Gasteiger partial charge in [-0.15, -0.1) is 0 Å². The number of nitrogens with one attached hydrogen (secondary N) is 1. The molecule has 1 atom stereocenters. The molecule has 0 saturated carbocycles. The Kier molecular flexibility index (Phi) is 5.51. The monoisotopic (exact) mass is 332 g/mol. The molecular weight excluding hydrogens is 311 g/mol. The molecule has 1 unspecified atom stereocenters. The smallest absolute Gasteiger partial charge is 0.253 e. The van der Waals surface area contributed by atoms with E-state index in [0.717, 1.165) is 0 Å². The standard InChI is InChI=1S/C18H21FN2O3/c1-12(18(2,3)23)21-17(22)14-7-8-16(20-10-14)24-11-13-5-4-6-15(19)9-13/h4-10,12,23H,11H2,1-3H3,(H,21,22). The number of carbonyl (C=O) groups excluding carboxylic acids is 1. The summed E-state index contributed by atoms with van der Waals surface area (Å²) in [5.74, 6) is -0.308. The Hall–Kier alpha value is -2.47. The number of hydrogen-bond acceptors (Lipinski definition) is 4. The summed E-state index contributed by atoms with van der Waals surface area (Å²) < 4.78 is 18.6. The highest BCUT2D eigenvalue weighted by Gasteiger charge is 2.24. The number of pyridine rings is 1. The Morgan fingerprint density at radius 1 is 1.38 bits per heavy atom. The van der Waals surface area contributed by atoms with E-state index in [-0.39, 0.29) is 18.3 Å². The molecule has 1 aromatic heterocycles. The van der Waals surface area contributed by atoms with Crippen LogP contribution in [0.4, 0.5) is 4.39 Å². The quantitative estimate of drug-likeness (QED) is 0.853. The lowest BCUT2D eigenvalue weighted by Crippen LogP contribution is -2.47. The summed E-state index contributed by atoms with van der Waals surface area (Å²) in [5.41, 5.74) is 0.0405. The van der Waals surface area contributed by atoms with Gasteiger partial charge >= 0.3 is 0 Å². The van der Waals surface area contributed by atoms with E-state index in [0.29, 0.717) is 17.0 Å². The van der Waals surface area contributed by atoms with Gasteiger partial charge in [-0.25, -0.2) is 9.37 Å². The van der Waals surface area contributed by atoms with Crippen molar-refractivity contribution < 1.29 is 19.0 Å². The lowest BCUT2D eigenvalue weighted by atomic mass is 10.0. The molecule has 1 aromatic carbocycles. The van der Waals surface area contributed by atoms with Crippen LogP contribution in [0.15, 0.2) is 42.6 Å². The molecule has 0 aliphatic heterocycles. The van der Waals surface area contributed by atoms with Gasteiger partial charge in [-0.2, -0.15) is 0 Å². The Bertz CT molecular complexity index is 696. The maximum absolute atomic E-state index is 13.1. The van der Waals surface area contributed by atoms with Crippen LogP contribution in [-0.2, 0) is 6.61 Å². The van der Waals surface area contributed by atoms with Crippen LogP contribution in [0.5, 0.6) is 5.88 Å². The average molecular weight is 332 g/mol. The fourth-order valence-corrected chi connectivity index (χ4v) is 1.84. The Morgan fingerprint density at radius 2 is 2.12 bits per heavy atom. The topological polar surface area (TPSA) is 71.5 Å². The fourth-order valence-electron chi connectivity index (χ4n) is 1.84. The van der Waals surface area contributed by atoms with E-state index >= 15 is 0 Å². The molecule has 128 valence electrons. The van der Waals surface area contributed by atoms with Gasteiger partial charge in [0, 0.05) is 12.3 Å². The number of halogens is 1. The van der Waals surface area contributed by atoms with Crippen molar-refractivity contribution in [3.8, 4) is 5.88 Å². The van der Waals surface area contributed by atoms with Crippen molar-refractivity contribution >= 4 is 5.91 Å². The highest BCUT2D eigenvalue weighted by Crippen LogP contribution is 2.13. The van der Waals surface area contributed by atoms with Crippen molar-refractivity contribution in [3.63, 3.8) is 0 Å². The van der Waals surface area contributed by atoms with Gasteiger partial charge in [0.05, 0.1) is 17.2 Å². The van der Waals surface area contributed by atoms with Crippen LogP contribution < -0.4 is 10.1 Å². The number of hydrogen-bond donors (Lipinski definition) is 2. The molecule has 0 aliphatic carbocycles. The van der Waals surface area contributed by atoms with Gasteiger partial charge in [0.25, 0.3) is 5.91 Å². The lowest BCUT2D eigenvalue weighted by molar-refractivity contribution is 0.0408. The number of carbonyl (C=O) groups is 1. The predicted octanol–water partition coefficient (Wildman–Crippen LogP) is 2.69. The van der Waals surface area contributed by atoms with E-state index in [9.17, 15) is 14.3 Å². The highest BCUT2D eigenvalue weighted by molar-refractivity contribution is 5.94. The summed E-state index contributed by atoms with van der Waals surface area (Å²) in [7, 11) is 0. The second-order valence-corrected chi connectivity index (χ2v) is 6.15. The van der Waals surface area contributed by atoms with E-state index in [1.54, 1.807) is 45.0 Å². The number of amides is 1. The molecule has 0 spiro atoms. The molecule has 0 aliphatic rings. The maximum Gasteiger partial charge on any atom is 0.253 e. The van der Waals surface area contributed by atoms with Crippen LogP contribution >= 0.6 is 0 Å². The molecule has 0 bridgehead atoms. The molecular formula is C18H21FN2O3. The lowest BCUT2D eigenvalue weighted by Gasteiger charge is -2.26. The van der Waals surface area contributed by atoms with E-state index < -0.39 is 11.6 Å². The Labute approximate surface area is 140 Å². The average Bonchev–Trinajstić information content (AvgIpc) is 2.52. The zero-order valence-corrected chi connectivity index (χ0v) is 13.9. The molecule has 0 fully saturated rings. The number of rotatable bonds is 6. The summed E-state index contributed by atoms with van der Waals surface area (Å²) in [6, 6.07) is 8.86. The van der Waals surface area contributed by atoms with Crippen molar-refractivity contribution in [2.45, 2.75) is 39.0 Å². The Balaban J connectivity index is 1.94. The third-order valence-corrected chi connectivity index (χ3v) is 3.68. The van der Waals surface area contributed by atoms with E-state index in [2.05, 4.69) is 10.3 Å². The second-order valence-electron chi connectivity index (χ2n) is 6.15. The van der Waals surface area contributed by atoms with Crippen LogP contribution in [0.1, 0.15) is 36.7 Å². The van der Waals surface area contributed by atoms with Crippen molar-refractivity contribution in [3.05, 3.63) is 59.5 Å². The molecule has 24 heavy (non-hydrogen) atoms. The molecule has 0 radical (unpaired) electrons. The highest BCUT2D eigenvalue weighted by atomic mass is 19.1. The van der Waals surface area contributed by atoms with E-state index in [4.69, 9.17) is 4.74 Å². The van der Waals surface area contributed by atoms with Gasteiger partial charge in [0.1, 0.15) is 12.4 Å². The van der Waals surface area contributed by atoms with Gasteiger partial charge < -0.3 is 15.2 Å². The molecule has 2 N–H and O–H groups in total. The van der Waals surface area contributed by atoms with Crippen molar-refractivity contribution in [2.75, 3.05) is 0 Å². The SMILES string of the molecule is CC(NC(=O)c1ccc(OCc2cccc(F)c2)nc1)C(C)(C)O. The van der Waals surface area contributed by atoms with Gasteiger partial charge in [0.15, 0.2) is 0 Å². The minimum Gasteiger partial charge on any atom is -0.473 e. The predicted molar refractivity (Wildman–Crippen MR) is 88.2 cm³/mol. The first-order valence-electron chi connectivity index (χ1n) is 7.62. The Morgan fingerprint density at radius 3 is 2.71 bits per heavy atom. The summed E-state index contributed by atoms with van der Waals surface area (Å²) in [6.45, 7) is 5.16. The summed E-state index contributed by atoms with van der Waals surface area (Å²) >= 11 is 0. The van der Waals surface area contributed by atoms with Crippen LogP contribution in [0, 0.1) is 5.82 Å². The van der Waals surface area contributed by atoms with Crippen LogP contribution in [0.2, 0.25) is 0 Å². The first-order valence-corrected chi connectivity index (χ1v) is 7.62. The van der Waals surface area contributed by atoms with Crippen molar-refractivity contribution in [2.24, 2.45) is 0 Å². The number of benzene rings is 1. The molecule has 2 aromatic rings. The summed E-state index contributed by atoms with van der Waals surface area (Å²) in [4.78, 5) is 16.2. The first kappa shape index (κ1) is 17.9. The van der Waals surface area contributed by atoms with Crippen molar-refractivity contribution in [1.82, 2.24) is 10.3 Å². The maximum atomic E-state index is 13.1. The molecule has 1 amide bonds. The van der Waals surface area contributed by atoms with Gasteiger partial charge in [-0.1, -0.05) is 12.1 Å². The normalized spacial score (nSPS) is 12.5. The number of aliphatic hydroxyl groups is 1. The van der Waals surface area contributed by atoms with Crippen LogP contribution in [0.3, 0.4) is 0 Å². The van der Waals surface area contributed by atoms with E-state index in [1.165, 1.54) is 18.3 Å². The molecule has 0 saturated heterocycles. The number of aromatic nitrogens is 1. The van der Waals surface area contributed by atoms with Gasteiger partial charge in [-0.05, 0) is 44.5 Å². The molecule has 5 nitrogen and oxygen atoms in total. The number of ether oxygens (including phenoxy) is 1. The zero-order valence-electron chi connectivity index (χ0n) is 13.9. The van der Waals surface area contributed by atoms with Crippen LogP contribution in [-0.4, -0.2) is 27.6 Å². The van der Waals surface area contributed by atoms with Crippen LogP contribution in [0.25, 0.3) is 0 Å². The first-order chi connectivity index (χ1) is 11.3. The second kappa shape index (κ2) is 7.40.